The second-order valence-electron chi connectivity index (χ2n) is 1.92. The smallest absolute Gasteiger partial charge is 0.250 e. The van der Waals surface area contributed by atoms with E-state index >= 15 is 0 Å². The highest BCUT2D eigenvalue weighted by Crippen LogP contribution is 1.86. The van der Waals surface area contributed by atoms with Gasteiger partial charge in [-0.25, -0.2) is 0 Å². The molecule has 0 radical (unpaired) electrons. The molecular weight excluding hydrogens is 241 g/mol. The van der Waals surface area contributed by atoms with Gasteiger partial charge < -0.3 is 4.57 Å². The molecule has 10 heavy (non-hydrogen) atoms. The number of hydrogen-bond donors (Lipinski definition) is 0. The highest BCUT2D eigenvalue weighted by atomic mass is 127. The second kappa shape index (κ2) is 3.75. The standard InChI is InChI=1S/C7H8INO/c8-4-6-9-5-2-1-3-7(9)10/h1-3,5H,4,6H2. The van der Waals surface area contributed by atoms with Gasteiger partial charge in [0.2, 0.25) is 0 Å². The van der Waals surface area contributed by atoms with Gasteiger partial charge in [-0.05, 0) is 6.07 Å². The molecule has 0 aliphatic rings. The molecule has 1 aromatic heterocycles. The zero-order valence-corrected chi connectivity index (χ0v) is 7.61. The average molecular weight is 249 g/mol. The van der Waals surface area contributed by atoms with Crippen molar-refractivity contribution in [3.63, 3.8) is 0 Å². The average Bonchev–Trinajstić information content (AvgIpc) is 1.94. The molecule has 1 aromatic rings. The van der Waals surface area contributed by atoms with E-state index in [-0.39, 0.29) is 5.56 Å². The molecule has 1 rings (SSSR count). The Hall–Kier alpha value is -0.320. The summed E-state index contributed by atoms with van der Waals surface area (Å²) >= 11 is 2.25. The van der Waals surface area contributed by atoms with Crippen molar-refractivity contribution in [1.29, 1.82) is 0 Å². The number of alkyl halides is 1. The first-order valence-corrected chi connectivity index (χ1v) is 4.58. The van der Waals surface area contributed by atoms with Gasteiger partial charge in [-0.2, -0.15) is 0 Å². The fourth-order valence-corrected chi connectivity index (χ4v) is 1.26. The highest BCUT2D eigenvalue weighted by Gasteiger charge is 1.88. The lowest BCUT2D eigenvalue weighted by atomic mass is 10.5. The summed E-state index contributed by atoms with van der Waals surface area (Å²) in [6.07, 6.45) is 1.81. The predicted octanol–water partition coefficient (Wildman–Crippen LogP) is 1.28. The van der Waals surface area contributed by atoms with Crippen molar-refractivity contribution in [1.82, 2.24) is 4.57 Å². The number of nitrogens with zero attached hydrogens (tertiary/aromatic N) is 1. The number of aryl methyl sites for hydroxylation is 1. The second-order valence-corrected chi connectivity index (χ2v) is 3.00. The molecule has 0 atom stereocenters. The van der Waals surface area contributed by atoms with Crippen LogP contribution < -0.4 is 5.56 Å². The minimum absolute atomic E-state index is 0.0826. The van der Waals surface area contributed by atoms with E-state index in [4.69, 9.17) is 0 Å². The summed E-state index contributed by atoms with van der Waals surface area (Å²) in [7, 11) is 0. The fraction of sp³-hybridized carbons (Fsp3) is 0.286. The van der Waals surface area contributed by atoms with E-state index in [9.17, 15) is 4.79 Å². The van der Waals surface area contributed by atoms with Crippen LogP contribution >= 0.6 is 22.6 Å². The summed E-state index contributed by atoms with van der Waals surface area (Å²) in [5.74, 6) is 0. The zero-order valence-electron chi connectivity index (χ0n) is 5.46. The Labute approximate surface area is 73.0 Å². The van der Waals surface area contributed by atoms with Crippen molar-refractivity contribution < 1.29 is 0 Å². The molecule has 0 fully saturated rings. The first kappa shape index (κ1) is 7.78. The first-order valence-electron chi connectivity index (χ1n) is 3.06. The quantitative estimate of drug-likeness (QED) is 0.571. The van der Waals surface area contributed by atoms with E-state index in [2.05, 4.69) is 22.6 Å². The SMILES string of the molecule is O=c1ccccn1CCI. The molecule has 0 spiro atoms. The summed E-state index contributed by atoms with van der Waals surface area (Å²) in [5.41, 5.74) is 0.0826. The van der Waals surface area contributed by atoms with Gasteiger partial charge in [0.15, 0.2) is 0 Å². The monoisotopic (exact) mass is 249 g/mol. The normalized spacial score (nSPS) is 9.70. The third-order valence-corrected chi connectivity index (χ3v) is 1.71. The van der Waals surface area contributed by atoms with Crippen LogP contribution in [0.3, 0.4) is 0 Å². The number of pyridine rings is 1. The Kier molecular flexibility index (Phi) is 2.92. The van der Waals surface area contributed by atoms with Gasteiger partial charge in [-0.1, -0.05) is 28.7 Å². The fourth-order valence-electron chi connectivity index (χ4n) is 0.736. The molecular formula is C7H8INO. The van der Waals surface area contributed by atoms with Crippen LogP contribution in [0.25, 0.3) is 0 Å². The van der Waals surface area contributed by atoms with E-state index in [1.165, 1.54) is 0 Å². The van der Waals surface area contributed by atoms with Crippen LogP contribution in [0, 0.1) is 0 Å². The summed E-state index contributed by atoms with van der Waals surface area (Å²) in [6, 6.07) is 5.20. The minimum atomic E-state index is 0.0826. The topological polar surface area (TPSA) is 22.0 Å². The first-order chi connectivity index (χ1) is 4.84. The maximum absolute atomic E-state index is 11.0. The van der Waals surface area contributed by atoms with Gasteiger partial charge >= 0.3 is 0 Å². The van der Waals surface area contributed by atoms with Crippen molar-refractivity contribution in [3.05, 3.63) is 34.7 Å². The molecule has 0 saturated carbocycles. The molecule has 0 aliphatic carbocycles. The number of aromatic nitrogens is 1. The molecule has 0 aliphatic heterocycles. The molecule has 0 saturated heterocycles. The Morgan fingerprint density at radius 1 is 1.50 bits per heavy atom. The lowest BCUT2D eigenvalue weighted by Crippen LogP contribution is -2.17. The molecule has 0 amide bonds. The van der Waals surface area contributed by atoms with E-state index in [1.807, 2.05) is 6.07 Å². The largest absolute Gasteiger partial charge is 0.315 e. The Balaban J connectivity index is 2.92. The van der Waals surface area contributed by atoms with Crippen molar-refractivity contribution in [2.45, 2.75) is 6.54 Å². The summed E-state index contributed by atoms with van der Waals surface area (Å²) in [6.45, 7) is 0.806. The molecule has 2 nitrogen and oxygen atoms in total. The Morgan fingerprint density at radius 3 is 2.90 bits per heavy atom. The van der Waals surface area contributed by atoms with Crippen LogP contribution in [0.4, 0.5) is 0 Å². The molecule has 3 heteroatoms. The zero-order chi connectivity index (χ0) is 7.40. The highest BCUT2D eigenvalue weighted by molar-refractivity contribution is 14.1. The predicted molar refractivity (Wildman–Crippen MR) is 49.6 cm³/mol. The molecule has 1 heterocycles. The summed E-state index contributed by atoms with van der Waals surface area (Å²) < 4.78 is 2.67. The van der Waals surface area contributed by atoms with Crippen LogP contribution in [0.2, 0.25) is 0 Å². The van der Waals surface area contributed by atoms with Crippen molar-refractivity contribution in [3.8, 4) is 0 Å². The lowest BCUT2D eigenvalue weighted by Gasteiger charge is -1.98. The van der Waals surface area contributed by atoms with Gasteiger partial charge in [-0.3, -0.25) is 4.79 Å². The van der Waals surface area contributed by atoms with Crippen LogP contribution in [0.1, 0.15) is 0 Å². The van der Waals surface area contributed by atoms with Crippen LogP contribution in [-0.4, -0.2) is 8.99 Å². The Bertz CT molecular complexity index is 256. The van der Waals surface area contributed by atoms with Crippen molar-refractivity contribution in [2.75, 3.05) is 4.43 Å². The molecule has 0 bridgehead atoms. The van der Waals surface area contributed by atoms with Crippen LogP contribution in [0.5, 0.6) is 0 Å². The summed E-state index contributed by atoms with van der Waals surface area (Å²) in [4.78, 5) is 11.0. The van der Waals surface area contributed by atoms with E-state index in [0.717, 1.165) is 11.0 Å². The van der Waals surface area contributed by atoms with Crippen molar-refractivity contribution in [2.24, 2.45) is 0 Å². The van der Waals surface area contributed by atoms with Gasteiger partial charge in [0.25, 0.3) is 5.56 Å². The molecule has 0 aromatic carbocycles. The van der Waals surface area contributed by atoms with E-state index in [0.29, 0.717) is 0 Å². The third kappa shape index (κ3) is 1.83. The van der Waals surface area contributed by atoms with Gasteiger partial charge in [0.1, 0.15) is 0 Å². The van der Waals surface area contributed by atoms with Gasteiger partial charge in [0.05, 0.1) is 0 Å². The summed E-state index contributed by atoms with van der Waals surface area (Å²) in [5, 5.41) is 0. The van der Waals surface area contributed by atoms with Crippen molar-refractivity contribution >= 4 is 22.6 Å². The van der Waals surface area contributed by atoms with Crippen LogP contribution in [0.15, 0.2) is 29.2 Å². The maximum Gasteiger partial charge on any atom is 0.250 e. The van der Waals surface area contributed by atoms with Crippen LogP contribution in [-0.2, 0) is 6.54 Å². The number of halogens is 1. The van der Waals surface area contributed by atoms with Gasteiger partial charge in [-0.15, -0.1) is 0 Å². The lowest BCUT2D eigenvalue weighted by molar-refractivity contribution is 0.742. The third-order valence-electron chi connectivity index (χ3n) is 1.22. The van der Waals surface area contributed by atoms with E-state index in [1.54, 1.807) is 22.9 Å². The molecule has 54 valence electrons. The molecule has 0 N–H and O–H groups in total. The Morgan fingerprint density at radius 2 is 2.30 bits per heavy atom. The molecule has 0 unspecified atom stereocenters. The van der Waals surface area contributed by atoms with E-state index < -0.39 is 0 Å². The minimum Gasteiger partial charge on any atom is -0.315 e. The maximum atomic E-state index is 11.0. The van der Waals surface area contributed by atoms with Gasteiger partial charge in [0, 0.05) is 23.2 Å². The number of hydrogen-bond acceptors (Lipinski definition) is 1. The number of rotatable bonds is 2.